The maximum absolute atomic E-state index is 4.48. The van der Waals surface area contributed by atoms with E-state index in [1.165, 1.54) is 5.69 Å². The summed E-state index contributed by atoms with van der Waals surface area (Å²) in [5.41, 5.74) is 2.48. The summed E-state index contributed by atoms with van der Waals surface area (Å²) in [7, 11) is 0. The molecule has 0 amide bonds. The molecule has 1 rings (SSSR count). The Balaban J connectivity index is 2.53. The molecular weight excluding hydrogens is 266 g/mol. The first kappa shape index (κ1) is 13.7. The highest BCUT2D eigenvalue weighted by Gasteiger charge is 2.14. The van der Waals surface area contributed by atoms with Crippen LogP contribution in [0.25, 0.3) is 0 Å². The second kappa shape index (κ2) is 5.32. The van der Waals surface area contributed by atoms with E-state index in [9.17, 15) is 0 Å². The molecule has 1 heterocycles. The van der Waals surface area contributed by atoms with E-state index in [1.807, 2.05) is 6.92 Å². The number of nitrogens with zero attached hydrogens (tertiary/aromatic N) is 2. The van der Waals surface area contributed by atoms with Crippen LogP contribution >= 0.6 is 15.9 Å². The molecule has 3 nitrogen and oxygen atoms in total. The predicted octanol–water partition coefficient (Wildman–Crippen LogP) is 3.04. The largest absolute Gasteiger partial charge is 0.310 e. The molecule has 0 radical (unpaired) electrons. The Hall–Kier alpha value is -0.350. The zero-order valence-corrected chi connectivity index (χ0v) is 12.5. The number of nitrogens with one attached hydrogen (secondary N) is 1. The molecule has 1 aromatic rings. The van der Waals surface area contributed by atoms with Crippen LogP contribution in [0, 0.1) is 13.8 Å². The molecule has 4 heteroatoms. The topological polar surface area (TPSA) is 29.9 Å². The summed E-state index contributed by atoms with van der Waals surface area (Å²) in [5.74, 6) is 0. The van der Waals surface area contributed by atoms with E-state index in [-0.39, 0.29) is 5.54 Å². The molecule has 0 spiro atoms. The van der Waals surface area contributed by atoms with Crippen molar-refractivity contribution in [3.05, 3.63) is 15.9 Å². The van der Waals surface area contributed by atoms with Crippen molar-refractivity contribution in [1.29, 1.82) is 0 Å². The van der Waals surface area contributed by atoms with Gasteiger partial charge in [-0.25, -0.2) is 0 Å². The van der Waals surface area contributed by atoms with Crippen LogP contribution in [0.2, 0.25) is 0 Å². The maximum atomic E-state index is 4.48. The van der Waals surface area contributed by atoms with E-state index < -0.39 is 0 Å². The second-order valence-electron chi connectivity index (χ2n) is 4.87. The molecule has 0 atom stereocenters. The van der Waals surface area contributed by atoms with Gasteiger partial charge < -0.3 is 5.32 Å². The van der Waals surface area contributed by atoms with E-state index in [1.54, 1.807) is 0 Å². The van der Waals surface area contributed by atoms with Gasteiger partial charge in [0.2, 0.25) is 0 Å². The first-order chi connectivity index (χ1) is 7.37. The van der Waals surface area contributed by atoms with Gasteiger partial charge in [-0.15, -0.1) is 0 Å². The summed E-state index contributed by atoms with van der Waals surface area (Å²) >= 11 is 3.54. The Morgan fingerprint density at radius 2 is 2.00 bits per heavy atom. The van der Waals surface area contributed by atoms with Crippen molar-refractivity contribution in [3.63, 3.8) is 0 Å². The molecule has 0 aromatic carbocycles. The molecule has 16 heavy (non-hydrogen) atoms. The fraction of sp³-hybridized carbons (Fsp3) is 0.750. The van der Waals surface area contributed by atoms with Crippen molar-refractivity contribution in [2.45, 2.75) is 53.1 Å². The molecule has 92 valence electrons. The molecule has 0 aliphatic heterocycles. The van der Waals surface area contributed by atoms with Gasteiger partial charge in [0.15, 0.2) is 0 Å². The zero-order chi connectivity index (χ0) is 12.3. The second-order valence-corrected chi connectivity index (χ2v) is 5.67. The summed E-state index contributed by atoms with van der Waals surface area (Å²) in [6.07, 6.45) is 1.13. The molecular formula is C12H22BrN3. The average Bonchev–Trinajstić information content (AvgIpc) is 2.46. The van der Waals surface area contributed by atoms with Gasteiger partial charge in [-0.3, -0.25) is 4.68 Å². The summed E-state index contributed by atoms with van der Waals surface area (Å²) < 4.78 is 3.18. The first-order valence-electron chi connectivity index (χ1n) is 5.82. The lowest BCUT2D eigenvalue weighted by Crippen LogP contribution is -2.40. The van der Waals surface area contributed by atoms with Crippen LogP contribution in [-0.2, 0) is 6.54 Å². The minimum Gasteiger partial charge on any atom is -0.310 e. The summed E-state index contributed by atoms with van der Waals surface area (Å²) in [6.45, 7) is 12.6. The van der Waals surface area contributed by atoms with Crippen LogP contribution in [0.3, 0.4) is 0 Å². The summed E-state index contributed by atoms with van der Waals surface area (Å²) in [4.78, 5) is 0. The van der Waals surface area contributed by atoms with E-state index in [0.717, 1.165) is 29.7 Å². The van der Waals surface area contributed by atoms with E-state index in [2.05, 4.69) is 58.7 Å². The van der Waals surface area contributed by atoms with Crippen molar-refractivity contribution < 1.29 is 0 Å². The molecule has 0 aliphatic carbocycles. The van der Waals surface area contributed by atoms with Gasteiger partial charge in [0.25, 0.3) is 0 Å². The lowest BCUT2D eigenvalue weighted by molar-refractivity contribution is 0.362. The maximum Gasteiger partial charge on any atom is 0.0738 e. The van der Waals surface area contributed by atoms with Gasteiger partial charge in [0, 0.05) is 17.8 Å². The SMILES string of the molecule is CCC(C)(C)NCCn1nc(C)c(Br)c1C. The third kappa shape index (κ3) is 3.32. The van der Waals surface area contributed by atoms with Crippen molar-refractivity contribution in [1.82, 2.24) is 15.1 Å². The van der Waals surface area contributed by atoms with Gasteiger partial charge in [-0.2, -0.15) is 5.10 Å². The highest BCUT2D eigenvalue weighted by Crippen LogP contribution is 2.19. The van der Waals surface area contributed by atoms with Gasteiger partial charge in [-0.05, 0) is 50.0 Å². The number of halogens is 1. The minimum atomic E-state index is 0.216. The zero-order valence-electron chi connectivity index (χ0n) is 10.9. The predicted molar refractivity (Wildman–Crippen MR) is 71.8 cm³/mol. The number of aryl methyl sites for hydroxylation is 1. The standard InChI is InChI=1S/C12H22BrN3/c1-6-12(4,5)14-7-8-16-10(3)11(13)9(2)15-16/h14H,6-8H2,1-5H3. The monoisotopic (exact) mass is 287 g/mol. The number of rotatable bonds is 5. The van der Waals surface area contributed by atoms with Crippen LogP contribution in [0.5, 0.6) is 0 Å². The van der Waals surface area contributed by atoms with E-state index in [4.69, 9.17) is 0 Å². The Kier molecular flexibility index (Phi) is 4.56. The molecule has 1 N–H and O–H groups in total. The third-order valence-electron chi connectivity index (χ3n) is 3.10. The van der Waals surface area contributed by atoms with Crippen LogP contribution in [0.1, 0.15) is 38.6 Å². The van der Waals surface area contributed by atoms with E-state index in [0.29, 0.717) is 0 Å². The lowest BCUT2D eigenvalue weighted by atomic mass is 10.0. The Morgan fingerprint density at radius 1 is 1.38 bits per heavy atom. The Morgan fingerprint density at radius 3 is 2.44 bits per heavy atom. The smallest absolute Gasteiger partial charge is 0.0738 e. The van der Waals surface area contributed by atoms with Crippen LogP contribution in [0.15, 0.2) is 4.47 Å². The van der Waals surface area contributed by atoms with Gasteiger partial charge in [-0.1, -0.05) is 6.92 Å². The van der Waals surface area contributed by atoms with Gasteiger partial charge in [0.1, 0.15) is 0 Å². The first-order valence-corrected chi connectivity index (χ1v) is 6.61. The van der Waals surface area contributed by atoms with Gasteiger partial charge in [0.05, 0.1) is 16.7 Å². The van der Waals surface area contributed by atoms with Crippen molar-refractivity contribution >= 4 is 15.9 Å². The van der Waals surface area contributed by atoms with Crippen molar-refractivity contribution in [2.75, 3.05) is 6.54 Å². The van der Waals surface area contributed by atoms with Crippen LogP contribution in [-0.4, -0.2) is 21.9 Å². The molecule has 0 saturated carbocycles. The summed E-state index contributed by atoms with van der Waals surface area (Å²) in [6, 6.07) is 0. The van der Waals surface area contributed by atoms with Gasteiger partial charge >= 0.3 is 0 Å². The third-order valence-corrected chi connectivity index (χ3v) is 4.25. The molecule has 0 saturated heterocycles. The Labute approximate surface area is 107 Å². The normalized spacial score (nSPS) is 12.1. The summed E-state index contributed by atoms with van der Waals surface area (Å²) in [5, 5.41) is 8.02. The molecule has 0 fully saturated rings. The van der Waals surface area contributed by atoms with Crippen LogP contribution in [0.4, 0.5) is 0 Å². The lowest BCUT2D eigenvalue weighted by Gasteiger charge is -2.24. The quantitative estimate of drug-likeness (QED) is 0.902. The molecule has 1 aromatic heterocycles. The molecule has 0 aliphatic rings. The fourth-order valence-electron chi connectivity index (χ4n) is 1.52. The number of hydrogen-bond donors (Lipinski definition) is 1. The minimum absolute atomic E-state index is 0.216. The van der Waals surface area contributed by atoms with E-state index >= 15 is 0 Å². The van der Waals surface area contributed by atoms with Crippen molar-refractivity contribution in [2.24, 2.45) is 0 Å². The molecule has 0 unspecified atom stereocenters. The number of hydrogen-bond acceptors (Lipinski definition) is 2. The van der Waals surface area contributed by atoms with Crippen LogP contribution < -0.4 is 5.32 Å². The Bertz CT molecular complexity index is 355. The average molecular weight is 288 g/mol. The fourth-order valence-corrected chi connectivity index (χ4v) is 1.80. The van der Waals surface area contributed by atoms with Crippen molar-refractivity contribution in [3.8, 4) is 0 Å². The molecule has 0 bridgehead atoms. The number of aromatic nitrogens is 2. The highest BCUT2D eigenvalue weighted by molar-refractivity contribution is 9.10. The highest BCUT2D eigenvalue weighted by atomic mass is 79.9.